The van der Waals surface area contributed by atoms with E-state index in [-0.39, 0.29) is 12.5 Å². The van der Waals surface area contributed by atoms with E-state index in [1.54, 1.807) is 41.3 Å². The van der Waals surface area contributed by atoms with Crippen LogP contribution in [0, 0.1) is 6.92 Å². The van der Waals surface area contributed by atoms with Crippen LogP contribution in [0.2, 0.25) is 0 Å². The van der Waals surface area contributed by atoms with Gasteiger partial charge in [-0.1, -0.05) is 12.1 Å². The maximum Gasteiger partial charge on any atom is 0.325 e. The zero-order valence-corrected chi connectivity index (χ0v) is 16.6. The average Bonchev–Trinajstić information content (AvgIpc) is 3.16. The molecule has 2 N–H and O–H groups in total. The van der Waals surface area contributed by atoms with Crippen LogP contribution in [0.3, 0.4) is 0 Å². The van der Waals surface area contributed by atoms with Crippen LogP contribution in [-0.4, -0.2) is 43.4 Å². The number of aryl methyl sites for hydroxylation is 1. The summed E-state index contributed by atoms with van der Waals surface area (Å²) in [7, 11) is 0. The summed E-state index contributed by atoms with van der Waals surface area (Å²) >= 11 is 0. The molecule has 156 valence electrons. The van der Waals surface area contributed by atoms with E-state index in [2.05, 4.69) is 10.6 Å². The lowest BCUT2D eigenvalue weighted by molar-refractivity contribution is -0.146. The number of benzene rings is 2. The van der Waals surface area contributed by atoms with Gasteiger partial charge in [0.05, 0.1) is 0 Å². The molecule has 30 heavy (non-hydrogen) atoms. The molecular formula is C22H23N3O5. The largest absolute Gasteiger partial charge is 0.454 e. The van der Waals surface area contributed by atoms with Crippen LogP contribution >= 0.6 is 0 Å². The zero-order valence-electron chi connectivity index (χ0n) is 16.6. The first-order valence-corrected chi connectivity index (χ1v) is 9.63. The van der Waals surface area contributed by atoms with Crippen molar-refractivity contribution in [3.8, 4) is 0 Å². The molecule has 0 atom stereocenters. The molecule has 3 rings (SSSR count). The standard InChI is InChI=1S/C22H23N3O5/c1-15-4-2-5-17(12-15)24-19(26)14-30-21(28)13-23-22(29)16-7-9-18(10-8-16)25-11-3-6-20(25)27/h2,4-5,7-10,12H,3,6,11,13-14H2,1H3,(H,23,29)(H,24,26). The van der Waals surface area contributed by atoms with Crippen molar-refractivity contribution in [2.45, 2.75) is 19.8 Å². The monoisotopic (exact) mass is 409 g/mol. The highest BCUT2D eigenvalue weighted by Gasteiger charge is 2.21. The number of nitrogens with zero attached hydrogens (tertiary/aromatic N) is 1. The van der Waals surface area contributed by atoms with Crippen molar-refractivity contribution in [2.75, 3.05) is 29.9 Å². The SMILES string of the molecule is Cc1cccc(NC(=O)COC(=O)CNC(=O)c2ccc(N3CCCC3=O)cc2)c1. The summed E-state index contributed by atoms with van der Waals surface area (Å²) in [5.74, 6) is -1.56. The van der Waals surface area contributed by atoms with Gasteiger partial charge in [0.25, 0.3) is 11.8 Å². The number of nitrogens with one attached hydrogen (secondary N) is 2. The van der Waals surface area contributed by atoms with E-state index in [9.17, 15) is 19.2 Å². The second-order valence-corrected chi connectivity index (χ2v) is 6.96. The van der Waals surface area contributed by atoms with Gasteiger partial charge >= 0.3 is 5.97 Å². The van der Waals surface area contributed by atoms with Gasteiger partial charge in [0.15, 0.2) is 6.61 Å². The molecule has 0 unspecified atom stereocenters. The molecule has 8 nitrogen and oxygen atoms in total. The van der Waals surface area contributed by atoms with E-state index in [0.29, 0.717) is 24.2 Å². The van der Waals surface area contributed by atoms with Crippen LogP contribution in [0.25, 0.3) is 0 Å². The van der Waals surface area contributed by atoms with Crippen LogP contribution in [0.5, 0.6) is 0 Å². The molecule has 0 saturated carbocycles. The van der Waals surface area contributed by atoms with Gasteiger partial charge in [-0.2, -0.15) is 0 Å². The highest BCUT2D eigenvalue weighted by atomic mass is 16.5. The molecule has 1 aliphatic heterocycles. The molecular weight excluding hydrogens is 386 g/mol. The van der Waals surface area contributed by atoms with Crippen LogP contribution in [0.1, 0.15) is 28.8 Å². The fraction of sp³-hybridized carbons (Fsp3) is 0.273. The molecule has 8 heteroatoms. The molecule has 0 spiro atoms. The number of amides is 3. The summed E-state index contributed by atoms with van der Waals surface area (Å²) in [5.41, 5.74) is 2.71. The molecule has 0 radical (unpaired) electrons. The van der Waals surface area contributed by atoms with E-state index in [1.807, 2.05) is 19.1 Å². The average molecular weight is 409 g/mol. The maximum atomic E-state index is 12.2. The van der Waals surface area contributed by atoms with Gasteiger partial charge in [0.1, 0.15) is 6.54 Å². The number of esters is 1. The van der Waals surface area contributed by atoms with Crippen molar-refractivity contribution in [2.24, 2.45) is 0 Å². The fourth-order valence-electron chi connectivity index (χ4n) is 3.09. The van der Waals surface area contributed by atoms with Gasteiger partial charge in [-0.05, 0) is 55.3 Å². The van der Waals surface area contributed by atoms with Crippen molar-refractivity contribution in [1.82, 2.24) is 5.32 Å². The Labute approximate surface area is 174 Å². The van der Waals surface area contributed by atoms with E-state index in [4.69, 9.17) is 4.74 Å². The third-order valence-electron chi connectivity index (χ3n) is 4.57. The molecule has 1 saturated heterocycles. The van der Waals surface area contributed by atoms with Crippen molar-refractivity contribution in [3.63, 3.8) is 0 Å². The van der Waals surface area contributed by atoms with Crippen molar-refractivity contribution >= 4 is 35.1 Å². The lowest BCUT2D eigenvalue weighted by Crippen LogP contribution is -2.32. The quantitative estimate of drug-likeness (QED) is 0.681. The van der Waals surface area contributed by atoms with Crippen LogP contribution in [0.4, 0.5) is 11.4 Å². The minimum absolute atomic E-state index is 0.0707. The van der Waals surface area contributed by atoms with E-state index < -0.39 is 24.4 Å². The predicted molar refractivity (Wildman–Crippen MR) is 111 cm³/mol. The Kier molecular flexibility index (Phi) is 6.79. The van der Waals surface area contributed by atoms with Crippen LogP contribution < -0.4 is 15.5 Å². The Bertz CT molecular complexity index is 956. The number of carbonyl (C=O) groups excluding carboxylic acids is 4. The number of anilines is 2. The lowest BCUT2D eigenvalue weighted by atomic mass is 10.2. The third-order valence-corrected chi connectivity index (χ3v) is 4.57. The van der Waals surface area contributed by atoms with Crippen LogP contribution in [-0.2, 0) is 19.1 Å². The number of ether oxygens (including phenoxy) is 1. The maximum absolute atomic E-state index is 12.2. The number of carbonyl (C=O) groups is 4. The first-order valence-electron chi connectivity index (χ1n) is 9.63. The molecule has 2 aromatic carbocycles. The topological polar surface area (TPSA) is 105 Å². The van der Waals surface area contributed by atoms with Crippen molar-refractivity contribution in [3.05, 3.63) is 59.7 Å². The highest BCUT2D eigenvalue weighted by Crippen LogP contribution is 2.21. The zero-order chi connectivity index (χ0) is 21.5. The van der Waals surface area contributed by atoms with Gasteiger partial charge in [-0.25, -0.2) is 0 Å². The van der Waals surface area contributed by atoms with Crippen molar-refractivity contribution in [1.29, 1.82) is 0 Å². The summed E-state index contributed by atoms with van der Waals surface area (Å²) in [5, 5.41) is 5.08. The minimum atomic E-state index is -0.720. The Morgan fingerprint density at radius 1 is 1.10 bits per heavy atom. The Hall–Kier alpha value is -3.68. The van der Waals surface area contributed by atoms with Gasteiger partial charge in [0.2, 0.25) is 5.91 Å². The van der Waals surface area contributed by atoms with Gasteiger partial charge in [-0.15, -0.1) is 0 Å². The molecule has 1 heterocycles. The number of rotatable bonds is 7. The van der Waals surface area contributed by atoms with Gasteiger partial charge in [-0.3, -0.25) is 19.2 Å². The molecule has 0 aliphatic carbocycles. The summed E-state index contributed by atoms with van der Waals surface area (Å²) in [4.78, 5) is 49.3. The molecule has 1 fully saturated rings. The number of hydrogen-bond donors (Lipinski definition) is 2. The smallest absolute Gasteiger partial charge is 0.325 e. The fourth-order valence-corrected chi connectivity index (χ4v) is 3.09. The minimum Gasteiger partial charge on any atom is -0.454 e. The summed E-state index contributed by atoms with van der Waals surface area (Å²) in [6, 6.07) is 13.8. The Morgan fingerprint density at radius 2 is 1.87 bits per heavy atom. The van der Waals surface area contributed by atoms with E-state index in [0.717, 1.165) is 17.7 Å². The molecule has 1 aliphatic rings. The van der Waals surface area contributed by atoms with Crippen molar-refractivity contribution < 1.29 is 23.9 Å². The van der Waals surface area contributed by atoms with E-state index in [1.165, 1.54) is 0 Å². The predicted octanol–water partition coefficient (Wildman–Crippen LogP) is 2.03. The van der Waals surface area contributed by atoms with Gasteiger partial charge in [0, 0.05) is 29.9 Å². The molecule has 0 bridgehead atoms. The molecule has 2 aromatic rings. The highest BCUT2D eigenvalue weighted by molar-refractivity contribution is 5.98. The second-order valence-electron chi connectivity index (χ2n) is 6.96. The first kappa shape index (κ1) is 21.0. The Balaban J connectivity index is 1.41. The summed E-state index contributed by atoms with van der Waals surface area (Å²) in [6.07, 6.45) is 1.36. The number of hydrogen-bond acceptors (Lipinski definition) is 5. The first-order chi connectivity index (χ1) is 14.4. The van der Waals surface area contributed by atoms with Gasteiger partial charge < -0.3 is 20.3 Å². The molecule has 3 amide bonds. The third kappa shape index (κ3) is 5.66. The lowest BCUT2D eigenvalue weighted by Gasteiger charge is -2.15. The normalized spacial score (nSPS) is 13.1. The second kappa shape index (κ2) is 9.69. The summed E-state index contributed by atoms with van der Waals surface area (Å²) in [6.45, 7) is 1.77. The molecule has 0 aromatic heterocycles. The summed E-state index contributed by atoms with van der Waals surface area (Å²) < 4.78 is 4.88. The Morgan fingerprint density at radius 3 is 2.53 bits per heavy atom. The van der Waals surface area contributed by atoms with E-state index >= 15 is 0 Å². The van der Waals surface area contributed by atoms with Crippen LogP contribution in [0.15, 0.2) is 48.5 Å².